The van der Waals surface area contributed by atoms with Gasteiger partial charge in [-0.2, -0.15) is 0 Å². The van der Waals surface area contributed by atoms with Crippen molar-refractivity contribution in [2.75, 3.05) is 6.61 Å². The van der Waals surface area contributed by atoms with Gasteiger partial charge in [0.1, 0.15) is 6.61 Å². The smallest absolute Gasteiger partial charge is 0.338 e. The predicted molar refractivity (Wildman–Crippen MR) is 67.8 cm³/mol. The molecule has 0 spiro atoms. The highest BCUT2D eigenvalue weighted by Crippen LogP contribution is 2.22. The Balaban J connectivity index is 1.81. The maximum atomic E-state index is 11.7. The first-order valence-electron chi connectivity index (χ1n) is 6.29. The van der Waals surface area contributed by atoms with Crippen LogP contribution < -0.4 is 0 Å². The molecule has 108 valence electrons. The summed E-state index contributed by atoms with van der Waals surface area (Å²) in [7, 11) is 0. The fourth-order valence-electron chi connectivity index (χ4n) is 1.97. The first-order valence-corrected chi connectivity index (χ1v) is 6.29. The van der Waals surface area contributed by atoms with E-state index in [2.05, 4.69) is 0 Å². The van der Waals surface area contributed by atoms with E-state index in [-0.39, 0.29) is 6.61 Å². The highest BCUT2D eigenvalue weighted by Gasteiger charge is 2.36. The van der Waals surface area contributed by atoms with Crippen LogP contribution in [0, 0.1) is 0 Å². The summed E-state index contributed by atoms with van der Waals surface area (Å²) < 4.78 is 15.2. The van der Waals surface area contributed by atoms with E-state index in [1.807, 2.05) is 0 Å². The van der Waals surface area contributed by atoms with Crippen molar-refractivity contribution in [3.8, 4) is 0 Å². The molecule has 1 fully saturated rings. The lowest BCUT2D eigenvalue weighted by Gasteiger charge is -2.11. The molecule has 6 heteroatoms. The number of aliphatic hydroxyl groups is 1. The van der Waals surface area contributed by atoms with Gasteiger partial charge in [-0.15, -0.1) is 0 Å². The van der Waals surface area contributed by atoms with Gasteiger partial charge in [0, 0.05) is 13.3 Å². The molecule has 0 saturated carbocycles. The zero-order valence-electron chi connectivity index (χ0n) is 11.0. The van der Waals surface area contributed by atoms with Crippen LogP contribution in [0.5, 0.6) is 0 Å². The summed E-state index contributed by atoms with van der Waals surface area (Å²) >= 11 is 0. The minimum atomic E-state index is -1.18. The topological polar surface area (TPSA) is 82.1 Å². The molecule has 1 saturated heterocycles. The molecule has 3 atom stereocenters. The van der Waals surface area contributed by atoms with Gasteiger partial charge in [-0.25, -0.2) is 4.79 Å². The van der Waals surface area contributed by atoms with Gasteiger partial charge in [-0.1, -0.05) is 18.2 Å². The number of ether oxygens (including phenoxy) is 3. The summed E-state index contributed by atoms with van der Waals surface area (Å²) in [6, 6.07) is 8.58. The molecule has 6 nitrogen and oxygen atoms in total. The summed E-state index contributed by atoms with van der Waals surface area (Å²) in [5, 5.41) is 9.55. The molecule has 0 aromatic heterocycles. The first kappa shape index (κ1) is 14.5. The molecule has 0 amide bonds. The summed E-state index contributed by atoms with van der Waals surface area (Å²) in [5.41, 5.74) is 0.447. The van der Waals surface area contributed by atoms with Crippen LogP contribution in [0.2, 0.25) is 0 Å². The maximum Gasteiger partial charge on any atom is 0.338 e. The van der Waals surface area contributed by atoms with Gasteiger partial charge in [-0.05, 0) is 12.1 Å². The van der Waals surface area contributed by atoms with Gasteiger partial charge in [0.05, 0.1) is 11.7 Å². The lowest BCUT2D eigenvalue weighted by Crippen LogP contribution is -2.25. The molecule has 1 aromatic carbocycles. The van der Waals surface area contributed by atoms with Crippen LogP contribution in [0.25, 0.3) is 0 Å². The van der Waals surface area contributed by atoms with Crippen LogP contribution in [-0.2, 0) is 19.0 Å². The molecule has 1 aliphatic rings. The quantitative estimate of drug-likeness (QED) is 0.825. The standard InChI is InChI=1S/C14H16O6/c1-9(15)19-12-7-11(20-14(12)17)8-18-13(16)10-5-3-2-4-6-10/h2-6,11-12,14,17H,7-8H2,1H3/t11-,12-,14-/m0/s1. The van der Waals surface area contributed by atoms with E-state index in [9.17, 15) is 14.7 Å². The summed E-state index contributed by atoms with van der Waals surface area (Å²) in [6.45, 7) is 1.26. The molecule has 0 aliphatic carbocycles. The molecule has 0 bridgehead atoms. The Morgan fingerprint density at radius 3 is 2.70 bits per heavy atom. The molecule has 20 heavy (non-hydrogen) atoms. The molecule has 1 aliphatic heterocycles. The highest BCUT2D eigenvalue weighted by molar-refractivity contribution is 5.89. The monoisotopic (exact) mass is 280 g/mol. The van der Waals surface area contributed by atoms with E-state index in [0.29, 0.717) is 12.0 Å². The number of esters is 2. The first-order chi connectivity index (χ1) is 9.56. The SMILES string of the molecule is CC(=O)O[C@H]1C[C@@H](COC(=O)c2ccccc2)O[C@@H]1O. The number of rotatable bonds is 4. The summed E-state index contributed by atoms with van der Waals surface area (Å²) in [6.07, 6.45) is -2.09. The van der Waals surface area contributed by atoms with E-state index in [0.717, 1.165) is 0 Å². The third-order valence-corrected chi connectivity index (χ3v) is 2.87. The van der Waals surface area contributed by atoms with Gasteiger partial charge >= 0.3 is 11.9 Å². The van der Waals surface area contributed by atoms with Gasteiger partial charge in [-0.3, -0.25) is 4.79 Å². The molecular weight excluding hydrogens is 264 g/mol. The van der Waals surface area contributed by atoms with Crippen molar-refractivity contribution in [2.45, 2.75) is 31.8 Å². The molecule has 0 unspecified atom stereocenters. The fourth-order valence-corrected chi connectivity index (χ4v) is 1.97. The molecule has 1 N–H and O–H groups in total. The van der Waals surface area contributed by atoms with Crippen molar-refractivity contribution < 1.29 is 28.9 Å². The second kappa shape index (κ2) is 6.49. The third-order valence-electron chi connectivity index (χ3n) is 2.87. The largest absolute Gasteiger partial charge is 0.459 e. The van der Waals surface area contributed by atoms with Gasteiger partial charge in [0.25, 0.3) is 0 Å². The molecular formula is C14H16O6. The minimum Gasteiger partial charge on any atom is -0.459 e. The fraction of sp³-hybridized carbons (Fsp3) is 0.429. The second-order valence-electron chi connectivity index (χ2n) is 4.50. The van der Waals surface area contributed by atoms with Crippen molar-refractivity contribution in [1.29, 1.82) is 0 Å². The molecule has 1 heterocycles. The normalized spacial score (nSPS) is 25.2. The Kier molecular flexibility index (Phi) is 4.70. The van der Waals surface area contributed by atoms with E-state index in [4.69, 9.17) is 14.2 Å². The molecule has 1 aromatic rings. The number of aliphatic hydroxyl groups excluding tert-OH is 1. The van der Waals surface area contributed by atoms with Gasteiger partial charge < -0.3 is 19.3 Å². The van der Waals surface area contributed by atoms with Crippen LogP contribution in [0.15, 0.2) is 30.3 Å². The van der Waals surface area contributed by atoms with E-state index in [1.54, 1.807) is 30.3 Å². The predicted octanol–water partition coefficient (Wildman–Crippen LogP) is 0.882. The number of carbonyl (C=O) groups is 2. The highest BCUT2D eigenvalue weighted by atomic mass is 16.7. The van der Waals surface area contributed by atoms with Gasteiger partial charge in [0.15, 0.2) is 12.4 Å². The van der Waals surface area contributed by atoms with E-state index in [1.165, 1.54) is 6.92 Å². The average Bonchev–Trinajstić information content (AvgIpc) is 2.77. The second-order valence-corrected chi connectivity index (χ2v) is 4.50. The number of benzene rings is 1. The van der Waals surface area contributed by atoms with Crippen molar-refractivity contribution in [1.82, 2.24) is 0 Å². The number of hydrogen-bond acceptors (Lipinski definition) is 6. The van der Waals surface area contributed by atoms with Gasteiger partial charge in [0.2, 0.25) is 0 Å². The molecule has 2 rings (SSSR count). The van der Waals surface area contributed by atoms with Crippen LogP contribution >= 0.6 is 0 Å². The van der Waals surface area contributed by atoms with Crippen molar-refractivity contribution in [3.63, 3.8) is 0 Å². The third kappa shape index (κ3) is 3.79. The summed E-state index contributed by atoms with van der Waals surface area (Å²) in [5.74, 6) is -0.945. The Morgan fingerprint density at radius 2 is 2.05 bits per heavy atom. The Labute approximate surface area is 116 Å². The minimum absolute atomic E-state index is 0.00253. The van der Waals surface area contributed by atoms with E-state index >= 15 is 0 Å². The number of carbonyl (C=O) groups excluding carboxylic acids is 2. The zero-order valence-corrected chi connectivity index (χ0v) is 11.0. The van der Waals surface area contributed by atoms with Crippen LogP contribution in [0.3, 0.4) is 0 Å². The van der Waals surface area contributed by atoms with Crippen molar-refractivity contribution >= 4 is 11.9 Å². The van der Waals surface area contributed by atoms with Crippen LogP contribution in [0.4, 0.5) is 0 Å². The Morgan fingerprint density at radius 1 is 1.35 bits per heavy atom. The summed E-state index contributed by atoms with van der Waals surface area (Å²) in [4.78, 5) is 22.5. The maximum absolute atomic E-state index is 11.7. The van der Waals surface area contributed by atoms with Crippen molar-refractivity contribution in [2.24, 2.45) is 0 Å². The Hall–Kier alpha value is -1.92. The van der Waals surface area contributed by atoms with Crippen LogP contribution in [-0.4, -0.2) is 42.1 Å². The van der Waals surface area contributed by atoms with Crippen LogP contribution in [0.1, 0.15) is 23.7 Å². The lowest BCUT2D eigenvalue weighted by molar-refractivity contribution is -0.168. The average molecular weight is 280 g/mol. The Bertz CT molecular complexity index is 472. The van der Waals surface area contributed by atoms with E-state index < -0.39 is 30.4 Å². The van der Waals surface area contributed by atoms with Crippen molar-refractivity contribution in [3.05, 3.63) is 35.9 Å². The zero-order chi connectivity index (χ0) is 14.5. The number of hydrogen-bond donors (Lipinski definition) is 1. The lowest BCUT2D eigenvalue weighted by atomic mass is 10.2. The molecule has 0 radical (unpaired) electrons.